The third kappa shape index (κ3) is 1.93. The summed E-state index contributed by atoms with van der Waals surface area (Å²) < 4.78 is 0. The molecule has 3 heteroatoms. The average molecular weight is 193 g/mol. The molecule has 1 saturated carbocycles. The van der Waals surface area contributed by atoms with Crippen molar-refractivity contribution in [3.05, 3.63) is 28.8 Å². The Morgan fingerprint density at radius 3 is 2.77 bits per heavy atom. The molecular weight excluding hydrogens is 184 g/mol. The van der Waals surface area contributed by atoms with Gasteiger partial charge in [-0.15, -0.1) is 0 Å². The Labute approximate surface area is 82.1 Å². The largest absolute Gasteiger partial charge is 0.381 e. The second-order valence-electron chi connectivity index (χ2n) is 3.23. The van der Waals surface area contributed by atoms with Crippen molar-refractivity contribution in [2.24, 2.45) is 0 Å². The third-order valence-electron chi connectivity index (χ3n) is 2.04. The van der Waals surface area contributed by atoms with E-state index in [0.717, 1.165) is 5.69 Å². The van der Waals surface area contributed by atoms with Gasteiger partial charge in [0.15, 0.2) is 0 Å². The van der Waals surface area contributed by atoms with Gasteiger partial charge < -0.3 is 5.32 Å². The van der Waals surface area contributed by atoms with Crippen molar-refractivity contribution in [1.29, 1.82) is 5.26 Å². The number of nitrogens with one attached hydrogen (secondary N) is 1. The number of anilines is 1. The molecule has 1 fully saturated rings. The van der Waals surface area contributed by atoms with Gasteiger partial charge in [0, 0.05) is 6.04 Å². The molecule has 0 amide bonds. The zero-order chi connectivity index (χ0) is 9.26. The van der Waals surface area contributed by atoms with Crippen molar-refractivity contribution < 1.29 is 0 Å². The van der Waals surface area contributed by atoms with E-state index in [2.05, 4.69) is 11.4 Å². The molecule has 2 nitrogen and oxygen atoms in total. The Morgan fingerprint density at radius 2 is 2.23 bits per heavy atom. The minimum atomic E-state index is 0.588. The van der Waals surface area contributed by atoms with Gasteiger partial charge in [-0.3, -0.25) is 0 Å². The minimum absolute atomic E-state index is 0.588. The Kier molecular flexibility index (Phi) is 2.12. The molecule has 0 heterocycles. The lowest BCUT2D eigenvalue weighted by Crippen LogP contribution is -2.01. The van der Waals surface area contributed by atoms with Crippen LogP contribution in [-0.4, -0.2) is 6.04 Å². The zero-order valence-corrected chi connectivity index (χ0v) is 7.80. The van der Waals surface area contributed by atoms with Gasteiger partial charge in [0.1, 0.15) is 0 Å². The van der Waals surface area contributed by atoms with Crippen molar-refractivity contribution in [3.63, 3.8) is 0 Å². The third-order valence-corrected chi connectivity index (χ3v) is 2.35. The van der Waals surface area contributed by atoms with Crippen LogP contribution in [0.25, 0.3) is 0 Å². The highest BCUT2D eigenvalue weighted by Crippen LogP contribution is 2.29. The maximum absolute atomic E-state index is 8.62. The minimum Gasteiger partial charge on any atom is -0.381 e. The monoisotopic (exact) mass is 192 g/mol. The van der Waals surface area contributed by atoms with Crippen LogP contribution >= 0.6 is 11.6 Å². The summed E-state index contributed by atoms with van der Waals surface area (Å²) in [6, 6.07) is 7.96. The maximum Gasteiger partial charge on any atom is 0.0992 e. The molecule has 0 saturated heterocycles. The van der Waals surface area contributed by atoms with Crippen LogP contribution in [0.2, 0.25) is 5.02 Å². The van der Waals surface area contributed by atoms with Crippen LogP contribution in [0.1, 0.15) is 18.4 Å². The van der Waals surface area contributed by atoms with E-state index in [1.807, 2.05) is 6.07 Å². The smallest absolute Gasteiger partial charge is 0.0992 e. The van der Waals surface area contributed by atoms with Crippen LogP contribution in [0, 0.1) is 11.3 Å². The lowest BCUT2D eigenvalue weighted by Gasteiger charge is -2.06. The Balaban J connectivity index is 2.21. The van der Waals surface area contributed by atoms with E-state index in [1.54, 1.807) is 12.1 Å². The van der Waals surface area contributed by atoms with Gasteiger partial charge in [0.05, 0.1) is 22.3 Å². The normalized spacial score (nSPS) is 15.1. The predicted molar refractivity (Wildman–Crippen MR) is 52.8 cm³/mol. The summed E-state index contributed by atoms with van der Waals surface area (Å²) in [6.45, 7) is 0. The average Bonchev–Trinajstić information content (AvgIpc) is 2.92. The van der Waals surface area contributed by atoms with Gasteiger partial charge in [-0.25, -0.2) is 0 Å². The molecule has 0 unspecified atom stereocenters. The molecule has 1 aromatic rings. The number of halogens is 1. The summed E-state index contributed by atoms with van der Waals surface area (Å²) in [4.78, 5) is 0. The summed E-state index contributed by atoms with van der Waals surface area (Å²) in [5.74, 6) is 0. The first-order chi connectivity index (χ1) is 6.29. The van der Waals surface area contributed by atoms with E-state index in [0.29, 0.717) is 16.6 Å². The summed E-state index contributed by atoms with van der Waals surface area (Å²) in [6.07, 6.45) is 2.44. The molecule has 1 aliphatic rings. The molecule has 0 aliphatic heterocycles. The van der Waals surface area contributed by atoms with Crippen molar-refractivity contribution in [3.8, 4) is 6.07 Å². The standard InChI is InChI=1S/C10H9ClN2/c11-9-5-7(6-12)1-4-10(9)13-8-2-3-8/h1,4-5,8,13H,2-3H2. The lowest BCUT2D eigenvalue weighted by molar-refractivity contribution is 1.16. The molecule has 0 radical (unpaired) electrons. The molecule has 0 aromatic heterocycles. The molecule has 2 rings (SSSR count). The summed E-state index contributed by atoms with van der Waals surface area (Å²) in [5.41, 5.74) is 1.54. The van der Waals surface area contributed by atoms with Crippen LogP contribution < -0.4 is 5.32 Å². The summed E-state index contributed by atoms with van der Waals surface area (Å²) in [5, 5.41) is 12.5. The number of benzene rings is 1. The fourth-order valence-electron chi connectivity index (χ4n) is 1.15. The topological polar surface area (TPSA) is 35.8 Å². The fourth-order valence-corrected chi connectivity index (χ4v) is 1.38. The Hall–Kier alpha value is -1.20. The second-order valence-corrected chi connectivity index (χ2v) is 3.63. The van der Waals surface area contributed by atoms with Crippen LogP contribution in [0.5, 0.6) is 0 Å². The molecule has 0 atom stereocenters. The highest BCUT2D eigenvalue weighted by Gasteiger charge is 2.21. The van der Waals surface area contributed by atoms with Crippen molar-refractivity contribution in [2.45, 2.75) is 18.9 Å². The van der Waals surface area contributed by atoms with Crippen molar-refractivity contribution in [1.82, 2.24) is 0 Å². The van der Waals surface area contributed by atoms with Crippen LogP contribution in [0.3, 0.4) is 0 Å². The van der Waals surface area contributed by atoms with Gasteiger partial charge in [-0.1, -0.05) is 11.6 Å². The van der Waals surface area contributed by atoms with Crippen LogP contribution in [-0.2, 0) is 0 Å². The molecule has 13 heavy (non-hydrogen) atoms. The van der Waals surface area contributed by atoms with E-state index in [9.17, 15) is 0 Å². The maximum atomic E-state index is 8.62. The number of nitriles is 1. The highest BCUT2D eigenvalue weighted by molar-refractivity contribution is 6.33. The van der Waals surface area contributed by atoms with E-state index in [1.165, 1.54) is 12.8 Å². The summed E-state index contributed by atoms with van der Waals surface area (Å²) in [7, 11) is 0. The molecule has 1 aromatic carbocycles. The quantitative estimate of drug-likeness (QED) is 0.782. The molecule has 66 valence electrons. The number of rotatable bonds is 2. The first kappa shape index (κ1) is 8.40. The van der Waals surface area contributed by atoms with Gasteiger partial charge >= 0.3 is 0 Å². The van der Waals surface area contributed by atoms with Crippen LogP contribution in [0.4, 0.5) is 5.69 Å². The van der Waals surface area contributed by atoms with E-state index in [-0.39, 0.29) is 0 Å². The molecule has 0 bridgehead atoms. The van der Waals surface area contributed by atoms with Crippen molar-refractivity contribution >= 4 is 17.3 Å². The Morgan fingerprint density at radius 1 is 1.46 bits per heavy atom. The summed E-state index contributed by atoms with van der Waals surface area (Å²) >= 11 is 5.97. The first-order valence-electron chi connectivity index (χ1n) is 4.26. The van der Waals surface area contributed by atoms with Crippen LogP contribution in [0.15, 0.2) is 18.2 Å². The van der Waals surface area contributed by atoms with E-state index >= 15 is 0 Å². The first-order valence-corrected chi connectivity index (χ1v) is 4.63. The Bertz CT molecular complexity index is 364. The van der Waals surface area contributed by atoms with Gasteiger partial charge in [0.2, 0.25) is 0 Å². The zero-order valence-electron chi connectivity index (χ0n) is 7.05. The SMILES string of the molecule is N#Cc1ccc(NC2CC2)c(Cl)c1. The van der Waals surface area contributed by atoms with Crippen molar-refractivity contribution in [2.75, 3.05) is 5.32 Å². The van der Waals surface area contributed by atoms with Gasteiger partial charge in [-0.2, -0.15) is 5.26 Å². The number of nitrogens with zero attached hydrogens (tertiary/aromatic N) is 1. The van der Waals surface area contributed by atoms with Gasteiger partial charge in [-0.05, 0) is 31.0 Å². The molecule has 1 N–H and O–H groups in total. The number of hydrogen-bond acceptors (Lipinski definition) is 2. The highest BCUT2D eigenvalue weighted by atomic mass is 35.5. The second kappa shape index (κ2) is 3.27. The predicted octanol–water partition coefficient (Wildman–Crippen LogP) is 2.79. The fraction of sp³-hybridized carbons (Fsp3) is 0.300. The van der Waals surface area contributed by atoms with E-state index in [4.69, 9.17) is 16.9 Å². The van der Waals surface area contributed by atoms with E-state index < -0.39 is 0 Å². The molecule has 0 spiro atoms. The lowest BCUT2D eigenvalue weighted by atomic mass is 10.2. The molecular formula is C10H9ClN2. The van der Waals surface area contributed by atoms with Gasteiger partial charge in [0.25, 0.3) is 0 Å². The number of hydrogen-bond donors (Lipinski definition) is 1. The molecule has 1 aliphatic carbocycles.